The molecule has 0 bridgehead atoms. The van der Waals surface area contributed by atoms with Gasteiger partial charge in [0, 0.05) is 25.3 Å². The summed E-state index contributed by atoms with van der Waals surface area (Å²) < 4.78 is 1.84. The number of rotatable bonds is 11. The lowest BCUT2D eigenvalue weighted by atomic mass is 10.1. The van der Waals surface area contributed by atoms with Gasteiger partial charge in [0.05, 0.1) is 18.1 Å². The Kier molecular flexibility index (Phi) is 7.82. The molecule has 8 heteroatoms. The highest BCUT2D eigenvalue weighted by atomic mass is 16.3. The van der Waals surface area contributed by atoms with E-state index in [4.69, 9.17) is 0 Å². The Bertz CT molecular complexity index is 1270. The minimum Gasteiger partial charge on any atom is -0.396 e. The van der Waals surface area contributed by atoms with Crippen molar-refractivity contribution in [2.24, 2.45) is 0 Å². The van der Waals surface area contributed by atoms with Gasteiger partial charge in [-0.05, 0) is 52.8 Å². The predicted molar refractivity (Wildman–Crippen MR) is 132 cm³/mol. The fourth-order valence-electron chi connectivity index (χ4n) is 4.45. The Morgan fingerprint density at radius 3 is 2.74 bits per heavy atom. The van der Waals surface area contributed by atoms with E-state index in [1.54, 1.807) is 0 Å². The summed E-state index contributed by atoms with van der Waals surface area (Å²) in [5.74, 6) is 0.775. The van der Waals surface area contributed by atoms with Crippen LogP contribution in [-0.4, -0.2) is 48.3 Å². The molecule has 0 aliphatic rings. The van der Waals surface area contributed by atoms with E-state index < -0.39 is 0 Å². The molecule has 0 radical (unpaired) electrons. The average Bonchev–Trinajstić information content (AvgIpc) is 3.29. The van der Waals surface area contributed by atoms with Crippen LogP contribution in [0.3, 0.4) is 0 Å². The van der Waals surface area contributed by atoms with Crippen molar-refractivity contribution in [3.63, 3.8) is 0 Å². The molecule has 34 heavy (non-hydrogen) atoms. The van der Waals surface area contributed by atoms with Gasteiger partial charge in [-0.3, -0.25) is 9.69 Å². The van der Waals surface area contributed by atoms with E-state index in [1.165, 1.54) is 0 Å². The molecule has 178 valence electrons. The van der Waals surface area contributed by atoms with Crippen LogP contribution in [0.4, 0.5) is 0 Å². The maximum atomic E-state index is 13.0. The fourth-order valence-corrected chi connectivity index (χ4v) is 4.45. The number of fused-ring (bicyclic) bond motifs is 1. The minimum absolute atomic E-state index is 0.0807. The van der Waals surface area contributed by atoms with Crippen LogP contribution < -0.4 is 5.56 Å². The summed E-state index contributed by atoms with van der Waals surface area (Å²) in [5, 5.41) is 23.2. The van der Waals surface area contributed by atoms with E-state index in [0.717, 1.165) is 40.7 Å². The van der Waals surface area contributed by atoms with Crippen molar-refractivity contribution >= 4 is 10.9 Å². The molecule has 0 aliphatic heterocycles. The molecule has 0 amide bonds. The van der Waals surface area contributed by atoms with Crippen molar-refractivity contribution in [3.05, 3.63) is 87.5 Å². The Morgan fingerprint density at radius 1 is 1.15 bits per heavy atom. The predicted octanol–water partition coefficient (Wildman–Crippen LogP) is 3.60. The third kappa shape index (κ3) is 5.40. The quantitative estimate of drug-likeness (QED) is 0.355. The molecule has 2 heterocycles. The number of tetrazole rings is 1. The maximum Gasteiger partial charge on any atom is 0.252 e. The first-order valence-electron chi connectivity index (χ1n) is 11.9. The first-order chi connectivity index (χ1) is 16.6. The van der Waals surface area contributed by atoms with E-state index in [-0.39, 0.29) is 18.2 Å². The Balaban J connectivity index is 1.68. The monoisotopic (exact) mass is 460 g/mol. The molecule has 0 spiro atoms. The molecule has 2 aromatic heterocycles. The van der Waals surface area contributed by atoms with Crippen LogP contribution in [0.15, 0.2) is 59.4 Å². The summed E-state index contributed by atoms with van der Waals surface area (Å²) in [6, 6.07) is 18.0. The number of pyridine rings is 1. The molecule has 1 atom stereocenters. The number of para-hydroxylation sites is 1. The minimum atomic E-state index is -0.0880. The lowest BCUT2D eigenvalue weighted by Crippen LogP contribution is -2.34. The van der Waals surface area contributed by atoms with Gasteiger partial charge in [0.15, 0.2) is 5.82 Å². The van der Waals surface area contributed by atoms with E-state index in [9.17, 15) is 9.90 Å². The van der Waals surface area contributed by atoms with Crippen LogP contribution in [-0.2, 0) is 13.1 Å². The SMILES string of the molecule is CCC[C@H](c1nnnn1Cc1ccccc1)N(CCCO)Cc1cc2cccc(C)c2[nH]c1=O. The summed E-state index contributed by atoms with van der Waals surface area (Å²) in [4.78, 5) is 18.3. The van der Waals surface area contributed by atoms with Crippen LogP contribution in [0.1, 0.15) is 54.7 Å². The number of aromatic amines is 1. The Labute approximate surface area is 199 Å². The summed E-state index contributed by atoms with van der Waals surface area (Å²) >= 11 is 0. The van der Waals surface area contributed by atoms with Crippen molar-refractivity contribution in [1.29, 1.82) is 0 Å². The first kappa shape index (κ1) is 23.8. The molecule has 2 aromatic carbocycles. The molecule has 4 rings (SSSR count). The van der Waals surface area contributed by atoms with Crippen molar-refractivity contribution in [1.82, 2.24) is 30.1 Å². The first-order valence-corrected chi connectivity index (χ1v) is 11.9. The zero-order valence-corrected chi connectivity index (χ0v) is 19.8. The van der Waals surface area contributed by atoms with E-state index in [1.807, 2.05) is 54.1 Å². The third-order valence-corrected chi connectivity index (χ3v) is 6.18. The summed E-state index contributed by atoms with van der Waals surface area (Å²) in [6.07, 6.45) is 2.38. The Morgan fingerprint density at radius 2 is 1.97 bits per heavy atom. The highest BCUT2D eigenvalue weighted by Crippen LogP contribution is 2.27. The third-order valence-electron chi connectivity index (χ3n) is 6.18. The molecular weight excluding hydrogens is 428 g/mol. The molecule has 4 aromatic rings. The van der Waals surface area contributed by atoms with Crippen LogP contribution in [0.2, 0.25) is 0 Å². The van der Waals surface area contributed by atoms with Gasteiger partial charge in [-0.25, -0.2) is 4.68 Å². The fraction of sp³-hybridized carbons (Fsp3) is 0.385. The second-order valence-electron chi connectivity index (χ2n) is 8.70. The molecule has 0 saturated heterocycles. The molecule has 0 unspecified atom stereocenters. The van der Waals surface area contributed by atoms with Gasteiger partial charge in [-0.1, -0.05) is 61.9 Å². The molecule has 2 N–H and O–H groups in total. The topological polar surface area (TPSA) is 99.9 Å². The number of aromatic nitrogens is 5. The number of aryl methyl sites for hydroxylation is 1. The zero-order valence-electron chi connectivity index (χ0n) is 19.8. The average molecular weight is 461 g/mol. The van der Waals surface area contributed by atoms with Crippen molar-refractivity contribution in [2.75, 3.05) is 13.2 Å². The number of nitrogens with zero attached hydrogens (tertiary/aromatic N) is 5. The van der Waals surface area contributed by atoms with Gasteiger partial charge in [-0.15, -0.1) is 5.10 Å². The van der Waals surface area contributed by atoms with E-state index in [2.05, 4.69) is 44.5 Å². The number of aliphatic hydroxyl groups excluding tert-OH is 1. The molecule has 0 aliphatic carbocycles. The number of hydrogen-bond acceptors (Lipinski definition) is 6. The van der Waals surface area contributed by atoms with Gasteiger partial charge in [0.1, 0.15) is 0 Å². The lowest BCUT2D eigenvalue weighted by Gasteiger charge is -2.30. The van der Waals surface area contributed by atoms with Crippen LogP contribution in [0.5, 0.6) is 0 Å². The van der Waals surface area contributed by atoms with Gasteiger partial charge < -0.3 is 10.1 Å². The molecule has 0 saturated carbocycles. The number of hydrogen-bond donors (Lipinski definition) is 2. The largest absolute Gasteiger partial charge is 0.396 e. The number of H-pyrrole nitrogens is 1. The van der Waals surface area contributed by atoms with Gasteiger partial charge in [0.25, 0.3) is 5.56 Å². The number of nitrogens with one attached hydrogen (secondary N) is 1. The Hall–Kier alpha value is -3.36. The summed E-state index contributed by atoms with van der Waals surface area (Å²) in [7, 11) is 0. The van der Waals surface area contributed by atoms with Crippen molar-refractivity contribution in [2.45, 2.75) is 52.2 Å². The number of aliphatic hydroxyl groups is 1. The highest BCUT2D eigenvalue weighted by molar-refractivity contribution is 5.81. The van der Waals surface area contributed by atoms with Gasteiger partial charge >= 0.3 is 0 Å². The van der Waals surface area contributed by atoms with E-state index in [0.29, 0.717) is 31.6 Å². The van der Waals surface area contributed by atoms with Crippen molar-refractivity contribution < 1.29 is 5.11 Å². The summed E-state index contributed by atoms with van der Waals surface area (Å²) in [5.41, 5.74) is 3.64. The zero-order chi connectivity index (χ0) is 23.9. The second-order valence-corrected chi connectivity index (χ2v) is 8.70. The van der Waals surface area contributed by atoms with Crippen LogP contribution in [0.25, 0.3) is 10.9 Å². The van der Waals surface area contributed by atoms with Crippen LogP contribution >= 0.6 is 0 Å². The van der Waals surface area contributed by atoms with Crippen molar-refractivity contribution in [3.8, 4) is 0 Å². The maximum absolute atomic E-state index is 13.0. The van der Waals surface area contributed by atoms with Crippen LogP contribution in [0, 0.1) is 6.92 Å². The smallest absolute Gasteiger partial charge is 0.252 e. The highest BCUT2D eigenvalue weighted by Gasteiger charge is 2.26. The molecule has 0 fully saturated rings. The lowest BCUT2D eigenvalue weighted by molar-refractivity contribution is 0.148. The van der Waals surface area contributed by atoms with Gasteiger partial charge in [-0.2, -0.15) is 0 Å². The van der Waals surface area contributed by atoms with E-state index >= 15 is 0 Å². The normalized spacial score (nSPS) is 12.5. The standard InChI is InChI=1S/C26H32N6O2/c1-3-9-23(25-28-29-30-32(25)17-20-11-5-4-6-12-20)31(14-8-15-33)18-22-16-21-13-7-10-19(2)24(21)27-26(22)34/h4-7,10-13,16,23,33H,3,8-9,14-15,17-18H2,1-2H3,(H,27,34)/t23-/m1/s1. The van der Waals surface area contributed by atoms with Gasteiger partial charge in [0.2, 0.25) is 0 Å². The number of benzene rings is 2. The molecular formula is C26H32N6O2. The molecule has 8 nitrogen and oxygen atoms in total. The second kappa shape index (κ2) is 11.2. The summed E-state index contributed by atoms with van der Waals surface area (Å²) in [6.45, 7) is 5.86.